The second-order valence-electron chi connectivity index (χ2n) is 8.72. The average molecular weight is 438 g/mol. The number of benzene rings is 1. The molecule has 4 rings (SSSR count). The summed E-state index contributed by atoms with van der Waals surface area (Å²) in [5, 5.41) is 3.06. The Morgan fingerprint density at radius 2 is 1.97 bits per heavy atom. The molecule has 2 amide bonds. The van der Waals surface area contributed by atoms with Gasteiger partial charge in [-0.05, 0) is 56.0 Å². The number of likely N-dealkylation sites (tertiary alicyclic amines) is 1. The molecule has 0 spiro atoms. The first-order chi connectivity index (χ1) is 15.5. The fourth-order valence-electron chi connectivity index (χ4n) is 4.10. The quantitative estimate of drug-likeness (QED) is 0.686. The molecule has 1 saturated carbocycles. The number of carbonyl (C=O) groups is 2. The Bertz CT molecular complexity index is 937. The van der Waals surface area contributed by atoms with Crippen LogP contribution in [0.4, 0.5) is 0 Å². The minimum Gasteiger partial charge on any atom is -0.497 e. The molecule has 2 aliphatic rings. The van der Waals surface area contributed by atoms with Crippen LogP contribution in [0.2, 0.25) is 0 Å². The van der Waals surface area contributed by atoms with E-state index in [1.807, 2.05) is 30.2 Å². The number of hydrogen-bond donors (Lipinski definition) is 1. The van der Waals surface area contributed by atoms with Gasteiger partial charge in [-0.25, -0.2) is 0 Å². The van der Waals surface area contributed by atoms with Crippen molar-refractivity contribution in [3.63, 3.8) is 0 Å². The Balaban J connectivity index is 1.39. The molecule has 0 bridgehead atoms. The highest BCUT2D eigenvalue weighted by Crippen LogP contribution is 2.33. The fourth-order valence-corrected chi connectivity index (χ4v) is 4.10. The Morgan fingerprint density at radius 3 is 2.62 bits per heavy atom. The van der Waals surface area contributed by atoms with Crippen molar-refractivity contribution in [1.82, 2.24) is 15.2 Å². The monoisotopic (exact) mass is 437 g/mol. The number of hydrogen-bond acceptors (Lipinski definition) is 5. The Hall–Kier alpha value is -3.09. The van der Waals surface area contributed by atoms with E-state index in [2.05, 4.69) is 10.3 Å². The van der Waals surface area contributed by atoms with Crippen LogP contribution in [-0.4, -0.2) is 54.0 Å². The number of pyridine rings is 1. The Morgan fingerprint density at radius 1 is 1.19 bits per heavy atom. The molecule has 1 aromatic carbocycles. The molecule has 1 aliphatic heterocycles. The van der Waals surface area contributed by atoms with E-state index in [1.165, 1.54) is 0 Å². The fraction of sp³-hybridized carbons (Fsp3) is 0.480. The number of ether oxygens (including phenoxy) is 2. The van der Waals surface area contributed by atoms with Crippen molar-refractivity contribution >= 4 is 11.8 Å². The zero-order valence-electron chi connectivity index (χ0n) is 18.8. The van der Waals surface area contributed by atoms with Gasteiger partial charge in [0.1, 0.15) is 17.6 Å². The standard InChI is InChI=1S/C25H31N3O4/c1-17(14-18-4-3-11-26-16-18)27-24(29)22-15-21(31-2)7-8-23(22)32-20-9-12-28(13-10-20)25(30)19-5-6-19/h3-4,7-8,11,15-17,19-20H,5-6,9-10,12-14H2,1-2H3,(H,27,29)/t17-/m0/s1. The van der Waals surface area contributed by atoms with Gasteiger partial charge in [-0.15, -0.1) is 0 Å². The first-order valence-electron chi connectivity index (χ1n) is 11.4. The largest absolute Gasteiger partial charge is 0.497 e. The van der Waals surface area contributed by atoms with Crippen LogP contribution in [0.5, 0.6) is 11.5 Å². The molecular formula is C25H31N3O4. The molecule has 2 heterocycles. The summed E-state index contributed by atoms with van der Waals surface area (Å²) in [6, 6.07) is 9.13. The van der Waals surface area contributed by atoms with Gasteiger partial charge in [0.25, 0.3) is 5.91 Å². The number of nitrogens with zero attached hydrogens (tertiary/aromatic N) is 2. The van der Waals surface area contributed by atoms with Crippen LogP contribution < -0.4 is 14.8 Å². The average Bonchev–Trinajstić information content (AvgIpc) is 3.65. The van der Waals surface area contributed by atoms with Crippen molar-refractivity contribution < 1.29 is 19.1 Å². The van der Waals surface area contributed by atoms with Crippen molar-refractivity contribution in [2.75, 3.05) is 20.2 Å². The summed E-state index contributed by atoms with van der Waals surface area (Å²) in [5.41, 5.74) is 1.52. The van der Waals surface area contributed by atoms with E-state index in [-0.39, 0.29) is 29.9 Å². The molecule has 0 radical (unpaired) electrons. The van der Waals surface area contributed by atoms with E-state index in [0.29, 0.717) is 36.6 Å². The molecule has 2 aromatic rings. The molecule has 32 heavy (non-hydrogen) atoms. The zero-order chi connectivity index (χ0) is 22.5. The van der Waals surface area contributed by atoms with Crippen LogP contribution in [0.3, 0.4) is 0 Å². The van der Waals surface area contributed by atoms with Gasteiger partial charge in [0, 0.05) is 50.3 Å². The van der Waals surface area contributed by atoms with E-state index in [4.69, 9.17) is 9.47 Å². The van der Waals surface area contributed by atoms with Crippen molar-refractivity contribution in [2.24, 2.45) is 5.92 Å². The van der Waals surface area contributed by atoms with Gasteiger partial charge in [-0.2, -0.15) is 0 Å². The molecule has 2 fully saturated rings. The third-order valence-corrected chi connectivity index (χ3v) is 6.05. The number of nitrogens with one attached hydrogen (secondary N) is 1. The summed E-state index contributed by atoms with van der Waals surface area (Å²) in [4.78, 5) is 31.5. The molecule has 7 nitrogen and oxygen atoms in total. The summed E-state index contributed by atoms with van der Waals surface area (Å²) >= 11 is 0. The number of piperidine rings is 1. The maximum Gasteiger partial charge on any atom is 0.255 e. The highest BCUT2D eigenvalue weighted by Gasteiger charge is 2.35. The van der Waals surface area contributed by atoms with Crippen LogP contribution in [-0.2, 0) is 11.2 Å². The molecule has 1 N–H and O–H groups in total. The number of rotatable bonds is 8. The summed E-state index contributed by atoms with van der Waals surface area (Å²) < 4.78 is 11.6. The zero-order valence-corrected chi connectivity index (χ0v) is 18.8. The van der Waals surface area contributed by atoms with E-state index in [9.17, 15) is 9.59 Å². The molecule has 7 heteroatoms. The molecule has 0 unspecified atom stereocenters. The van der Waals surface area contributed by atoms with Crippen LogP contribution in [0.15, 0.2) is 42.7 Å². The van der Waals surface area contributed by atoms with Crippen molar-refractivity contribution in [2.45, 2.75) is 51.2 Å². The predicted molar refractivity (Wildman–Crippen MR) is 121 cm³/mol. The maximum atomic E-state index is 13.1. The normalized spacial score (nSPS) is 17.5. The van der Waals surface area contributed by atoms with Gasteiger partial charge < -0.3 is 19.7 Å². The third kappa shape index (κ3) is 5.58. The number of amides is 2. The van der Waals surface area contributed by atoms with E-state index < -0.39 is 0 Å². The van der Waals surface area contributed by atoms with E-state index in [1.54, 1.807) is 31.5 Å². The lowest BCUT2D eigenvalue weighted by atomic mass is 10.1. The molecule has 170 valence electrons. The lowest BCUT2D eigenvalue weighted by Crippen LogP contribution is -2.42. The Labute approximate surface area is 189 Å². The second-order valence-corrected chi connectivity index (χ2v) is 8.72. The van der Waals surface area contributed by atoms with Gasteiger partial charge >= 0.3 is 0 Å². The third-order valence-electron chi connectivity index (χ3n) is 6.05. The van der Waals surface area contributed by atoms with Crippen LogP contribution in [0.25, 0.3) is 0 Å². The van der Waals surface area contributed by atoms with Crippen LogP contribution in [0.1, 0.15) is 48.5 Å². The van der Waals surface area contributed by atoms with Gasteiger partial charge in [0.15, 0.2) is 0 Å². The van der Waals surface area contributed by atoms with Gasteiger partial charge in [-0.1, -0.05) is 6.07 Å². The van der Waals surface area contributed by atoms with Crippen LogP contribution >= 0.6 is 0 Å². The van der Waals surface area contributed by atoms with Crippen LogP contribution in [0, 0.1) is 5.92 Å². The highest BCUT2D eigenvalue weighted by molar-refractivity contribution is 5.97. The minimum absolute atomic E-state index is 0.0222. The van der Waals surface area contributed by atoms with Gasteiger partial charge in [0.2, 0.25) is 5.91 Å². The highest BCUT2D eigenvalue weighted by atomic mass is 16.5. The molecule has 1 saturated heterocycles. The summed E-state index contributed by atoms with van der Waals surface area (Å²) in [6.07, 6.45) is 7.80. The first-order valence-corrected chi connectivity index (χ1v) is 11.4. The topological polar surface area (TPSA) is 80.8 Å². The number of carbonyl (C=O) groups excluding carboxylic acids is 2. The minimum atomic E-state index is -0.198. The SMILES string of the molecule is COc1ccc(OC2CCN(C(=O)C3CC3)CC2)c(C(=O)N[C@@H](C)Cc2cccnc2)c1. The second kappa shape index (κ2) is 10.0. The van der Waals surface area contributed by atoms with E-state index in [0.717, 1.165) is 31.2 Å². The Kier molecular flexibility index (Phi) is 6.93. The van der Waals surface area contributed by atoms with Crippen molar-refractivity contribution in [1.29, 1.82) is 0 Å². The molecule has 1 aliphatic carbocycles. The lowest BCUT2D eigenvalue weighted by Gasteiger charge is -2.32. The number of aromatic nitrogens is 1. The summed E-state index contributed by atoms with van der Waals surface area (Å²) in [6.45, 7) is 3.39. The van der Waals surface area contributed by atoms with Gasteiger partial charge in [0.05, 0.1) is 12.7 Å². The maximum absolute atomic E-state index is 13.1. The van der Waals surface area contributed by atoms with E-state index >= 15 is 0 Å². The lowest BCUT2D eigenvalue weighted by molar-refractivity contribution is -0.134. The van der Waals surface area contributed by atoms with Gasteiger partial charge in [-0.3, -0.25) is 14.6 Å². The molecular weight excluding hydrogens is 406 g/mol. The summed E-state index contributed by atoms with van der Waals surface area (Å²) in [5.74, 6) is 1.49. The smallest absolute Gasteiger partial charge is 0.255 e. The first kappa shape index (κ1) is 22.1. The molecule has 1 aromatic heterocycles. The van der Waals surface area contributed by atoms with Crippen molar-refractivity contribution in [3.8, 4) is 11.5 Å². The predicted octanol–water partition coefficient (Wildman–Crippen LogP) is 3.23. The number of methoxy groups -OCH3 is 1. The van der Waals surface area contributed by atoms with Crippen molar-refractivity contribution in [3.05, 3.63) is 53.9 Å². The molecule has 1 atom stereocenters. The summed E-state index contributed by atoms with van der Waals surface area (Å²) in [7, 11) is 1.58.